The summed E-state index contributed by atoms with van der Waals surface area (Å²) in [4.78, 5) is 10.9. The van der Waals surface area contributed by atoms with Gasteiger partial charge in [-0.3, -0.25) is 4.90 Å². The minimum absolute atomic E-state index is 0.571. The maximum absolute atomic E-state index is 5.61. The van der Waals surface area contributed by atoms with E-state index in [2.05, 4.69) is 25.5 Å². The molecule has 0 unspecified atom stereocenters. The summed E-state index contributed by atoms with van der Waals surface area (Å²) >= 11 is 0. The van der Waals surface area contributed by atoms with Gasteiger partial charge in [0.2, 0.25) is 0 Å². The average molecular weight is 357 g/mol. The smallest absolute Gasteiger partial charge is 0.163 e. The Bertz CT molecular complexity index is 737. The zero-order valence-electron chi connectivity index (χ0n) is 14.6. The summed E-state index contributed by atoms with van der Waals surface area (Å²) in [6.07, 6.45) is 1.55. The van der Waals surface area contributed by atoms with Crippen molar-refractivity contribution in [2.75, 3.05) is 63.2 Å². The van der Waals surface area contributed by atoms with Gasteiger partial charge in [0.05, 0.1) is 13.2 Å². The molecule has 138 valence electrons. The van der Waals surface area contributed by atoms with Crippen molar-refractivity contribution in [3.63, 3.8) is 0 Å². The molecule has 0 radical (unpaired) electrons. The monoisotopic (exact) mass is 357 g/mol. The summed E-state index contributed by atoms with van der Waals surface area (Å²) in [6.45, 7) is 6.57. The normalized spacial score (nSPS) is 16.9. The van der Waals surface area contributed by atoms with Crippen molar-refractivity contribution in [2.24, 2.45) is 0 Å². The van der Waals surface area contributed by atoms with E-state index in [1.54, 1.807) is 6.33 Å². The Labute approximate surface area is 152 Å². The van der Waals surface area contributed by atoms with E-state index < -0.39 is 0 Å². The van der Waals surface area contributed by atoms with Gasteiger partial charge in [0.1, 0.15) is 31.2 Å². The van der Waals surface area contributed by atoms with Crippen molar-refractivity contribution in [3.8, 4) is 11.5 Å². The lowest BCUT2D eigenvalue weighted by molar-refractivity contribution is 0.0398. The van der Waals surface area contributed by atoms with E-state index in [9.17, 15) is 0 Å². The minimum atomic E-state index is 0.571. The molecule has 26 heavy (non-hydrogen) atoms. The predicted octanol–water partition coefficient (Wildman–Crippen LogP) is 1.74. The van der Waals surface area contributed by atoms with Gasteiger partial charge in [0.25, 0.3) is 0 Å². The van der Waals surface area contributed by atoms with E-state index >= 15 is 0 Å². The fraction of sp³-hybridized carbons (Fsp3) is 0.444. The van der Waals surface area contributed by atoms with Crippen molar-refractivity contribution in [3.05, 3.63) is 30.6 Å². The third kappa shape index (κ3) is 4.33. The fourth-order valence-corrected chi connectivity index (χ4v) is 2.96. The van der Waals surface area contributed by atoms with E-state index in [4.69, 9.17) is 14.2 Å². The van der Waals surface area contributed by atoms with Gasteiger partial charge in [-0.2, -0.15) is 0 Å². The summed E-state index contributed by atoms with van der Waals surface area (Å²) in [5.74, 6) is 3.05. The number of nitrogens with zero attached hydrogens (tertiary/aromatic N) is 3. The molecule has 1 aromatic carbocycles. The highest BCUT2D eigenvalue weighted by molar-refractivity contribution is 5.63. The van der Waals surface area contributed by atoms with Crippen molar-refractivity contribution in [1.29, 1.82) is 0 Å². The molecular formula is C18H23N5O3. The molecule has 0 spiro atoms. The van der Waals surface area contributed by atoms with Gasteiger partial charge >= 0.3 is 0 Å². The second-order valence-electron chi connectivity index (χ2n) is 6.15. The Morgan fingerprint density at radius 2 is 1.73 bits per heavy atom. The first-order chi connectivity index (χ1) is 12.9. The molecular weight excluding hydrogens is 334 g/mol. The van der Waals surface area contributed by atoms with Crippen LogP contribution in [-0.4, -0.2) is 67.5 Å². The molecule has 1 saturated heterocycles. The largest absolute Gasteiger partial charge is 0.486 e. The van der Waals surface area contributed by atoms with Crippen LogP contribution in [0.5, 0.6) is 11.5 Å². The van der Waals surface area contributed by atoms with Crippen molar-refractivity contribution >= 4 is 17.3 Å². The van der Waals surface area contributed by atoms with E-state index in [1.807, 2.05) is 24.3 Å². The summed E-state index contributed by atoms with van der Waals surface area (Å²) in [6, 6.07) is 7.67. The molecule has 0 aliphatic carbocycles. The first kappa shape index (κ1) is 16.9. The zero-order chi connectivity index (χ0) is 17.6. The third-order valence-corrected chi connectivity index (χ3v) is 4.32. The number of rotatable bonds is 6. The molecule has 4 rings (SSSR count). The highest BCUT2D eigenvalue weighted by Crippen LogP contribution is 2.33. The number of fused-ring (bicyclic) bond motifs is 1. The lowest BCUT2D eigenvalue weighted by Crippen LogP contribution is -2.39. The highest BCUT2D eigenvalue weighted by atomic mass is 16.6. The number of nitrogens with one attached hydrogen (secondary N) is 2. The van der Waals surface area contributed by atoms with Crippen LogP contribution in [0.25, 0.3) is 0 Å². The van der Waals surface area contributed by atoms with Gasteiger partial charge in [0.15, 0.2) is 11.5 Å². The molecule has 2 aromatic rings. The van der Waals surface area contributed by atoms with Gasteiger partial charge in [-0.05, 0) is 12.1 Å². The van der Waals surface area contributed by atoms with Gasteiger partial charge in [0, 0.05) is 44.0 Å². The topological polar surface area (TPSA) is 80.8 Å². The summed E-state index contributed by atoms with van der Waals surface area (Å²) < 4.78 is 16.5. The van der Waals surface area contributed by atoms with E-state index in [1.165, 1.54) is 0 Å². The molecule has 8 heteroatoms. The first-order valence-corrected chi connectivity index (χ1v) is 8.89. The molecule has 1 aromatic heterocycles. The van der Waals surface area contributed by atoms with Crippen LogP contribution in [0.3, 0.4) is 0 Å². The first-order valence-electron chi connectivity index (χ1n) is 8.89. The Balaban J connectivity index is 1.33. The summed E-state index contributed by atoms with van der Waals surface area (Å²) in [5, 5.41) is 6.63. The number of anilines is 3. The Kier molecular flexibility index (Phi) is 5.32. The van der Waals surface area contributed by atoms with Crippen LogP contribution < -0.4 is 20.1 Å². The number of hydrogen-bond acceptors (Lipinski definition) is 8. The van der Waals surface area contributed by atoms with E-state index in [0.29, 0.717) is 13.2 Å². The van der Waals surface area contributed by atoms with Gasteiger partial charge in [-0.1, -0.05) is 0 Å². The Morgan fingerprint density at radius 1 is 0.923 bits per heavy atom. The number of ether oxygens (including phenoxy) is 3. The fourth-order valence-electron chi connectivity index (χ4n) is 2.96. The molecule has 3 heterocycles. The number of morpholine rings is 1. The van der Waals surface area contributed by atoms with Crippen LogP contribution in [0, 0.1) is 0 Å². The Morgan fingerprint density at radius 3 is 2.62 bits per heavy atom. The van der Waals surface area contributed by atoms with Gasteiger partial charge < -0.3 is 24.8 Å². The molecule has 1 fully saturated rings. The average Bonchev–Trinajstić information content (AvgIpc) is 2.69. The van der Waals surface area contributed by atoms with Crippen molar-refractivity contribution in [2.45, 2.75) is 0 Å². The molecule has 2 N–H and O–H groups in total. The molecule has 0 saturated carbocycles. The molecule has 0 bridgehead atoms. The van der Waals surface area contributed by atoms with Crippen LogP contribution in [-0.2, 0) is 4.74 Å². The van der Waals surface area contributed by atoms with Gasteiger partial charge in [-0.15, -0.1) is 0 Å². The minimum Gasteiger partial charge on any atom is -0.486 e. The third-order valence-electron chi connectivity index (χ3n) is 4.32. The van der Waals surface area contributed by atoms with Crippen molar-refractivity contribution < 1.29 is 14.2 Å². The second kappa shape index (κ2) is 8.20. The number of hydrogen-bond donors (Lipinski definition) is 2. The van der Waals surface area contributed by atoms with Gasteiger partial charge in [-0.25, -0.2) is 9.97 Å². The molecule has 0 amide bonds. The lowest BCUT2D eigenvalue weighted by atomic mass is 10.2. The highest BCUT2D eigenvalue weighted by Gasteiger charge is 2.12. The number of benzene rings is 1. The van der Waals surface area contributed by atoms with Crippen LogP contribution in [0.15, 0.2) is 30.6 Å². The second-order valence-corrected chi connectivity index (χ2v) is 6.15. The van der Waals surface area contributed by atoms with Crippen molar-refractivity contribution in [1.82, 2.24) is 14.9 Å². The molecule has 0 atom stereocenters. The number of aromatic nitrogens is 2. The lowest BCUT2D eigenvalue weighted by Gasteiger charge is -2.26. The summed E-state index contributed by atoms with van der Waals surface area (Å²) in [7, 11) is 0. The van der Waals surface area contributed by atoms with Crippen LogP contribution in [0.1, 0.15) is 0 Å². The Hall–Kier alpha value is -2.58. The summed E-state index contributed by atoms with van der Waals surface area (Å²) in [5.41, 5.74) is 0.896. The maximum atomic E-state index is 5.61. The zero-order valence-corrected chi connectivity index (χ0v) is 14.6. The quantitative estimate of drug-likeness (QED) is 0.809. The molecule has 2 aliphatic heterocycles. The van der Waals surface area contributed by atoms with Crippen LogP contribution in [0.4, 0.5) is 17.3 Å². The maximum Gasteiger partial charge on any atom is 0.163 e. The SMILES string of the molecule is c1nc(NCCN2CCOCC2)cc(Nc2ccc3c(c2)OCCO3)n1. The van der Waals surface area contributed by atoms with Crippen LogP contribution >= 0.6 is 0 Å². The van der Waals surface area contributed by atoms with E-state index in [0.717, 1.165) is 68.2 Å². The predicted molar refractivity (Wildman–Crippen MR) is 98.5 cm³/mol. The van der Waals surface area contributed by atoms with E-state index in [-0.39, 0.29) is 0 Å². The van der Waals surface area contributed by atoms with Crippen LogP contribution in [0.2, 0.25) is 0 Å². The molecule has 8 nitrogen and oxygen atoms in total. The standard InChI is InChI=1S/C18H23N5O3/c1-2-15-16(26-10-9-25-15)11-14(1)22-18-12-17(20-13-21-18)19-3-4-23-5-7-24-8-6-23/h1-2,11-13H,3-10H2,(H2,19,20,21,22). The molecule has 2 aliphatic rings.